The van der Waals surface area contributed by atoms with Crippen LogP contribution in [0, 0.1) is 0 Å². The summed E-state index contributed by atoms with van der Waals surface area (Å²) in [6.45, 7) is 2.57. The molecule has 0 rings (SSSR count). The van der Waals surface area contributed by atoms with Gasteiger partial charge in [0, 0.05) is 25.8 Å². The number of rotatable bonds is 19. The van der Waals surface area contributed by atoms with Crippen LogP contribution >= 0.6 is 0 Å². The molecule has 0 spiro atoms. The number of nitrogens with zero attached hydrogens (tertiary/aromatic N) is 1. The van der Waals surface area contributed by atoms with E-state index in [1.807, 2.05) is 0 Å². The molecule has 29 heavy (non-hydrogen) atoms. The molecular formula is C22H42KNO4S. The van der Waals surface area contributed by atoms with Gasteiger partial charge >= 0.3 is 51.4 Å². The zero-order chi connectivity index (χ0) is 21.1. The molecule has 0 fully saturated rings. The van der Waals surface area contributed by atoms with Gasteiger partial charge in [0.25, 0.3) is 0 Å². The molecule has 0 aromatic rings. The fourth-order valence-corrected chi connectivity index (χ4v) is 3.62. The maximum atomic E-state index is 11.9. The molecule has 0 unspecified atom stereocenters. The van der Waals surface area contributed by atoms with Crippen LogP contribution < -0.4 is 51.4 Å². The summed E-state index contributed by atoms with van der Waals surface area (Å²) >= 11 is 0. The molecule has 0 saturated carbocycles. The molecule has 0 bridgehead atoms. The Balaban J connectivity index is 0. The first kappa shape index (κ1) is 31.9. The molecule has 0 heterocycles. The van der Waals surface area contributed by atoms with Crippen LogP contribution in [0.5, 0.6) is 0 Å². The van der Waals surface area contributed by atoms with Crippen molar-refractivity contribution in [3.05, 3.63) is 12.2 Å². The molecular weight excluding hydrogens is 413 g/mol. The Bertz CT molecular complexity index is 509. The predicted molar refractivity (Wildman–Crippen MR) is 116 cm³/mol. The van der Waals surface area contributed by atoms with E-state index in [0.29, 0.717) is 13.0 Å². The van der Waals surface area contributed by atoms with Crippen molar-refractivity contribution in [3.8, 4) is 0 Å². The van der Waals surface area contributed by atoms with E-state index in [-0.39, 0.29) is 63.7 Å². The van der Waals surface area contributed by atoms with Crippen molar-refractivity contribution in [3.63, 3.8) is 0 Å². The second-order valence-corrected chi connectivity index (χ2v) is 9.29. The largest absolute Gasteiger partial charge is 1.00 e. The van der Waals surface area contributed by atoms with Gasteiger partial charge in [0.15, 0.2) is 0 Å². The molecule has 0 aliphatic carbocycles. The Morgan fingerprint density at radius 3 is 1.83 bits per heavy atom. The molecule has 0 N–H and O–H groups in total. The van der Waals surface area contributed by atoms with Gasteiger partial charge in [0.05, 0.1) is 10.1 Å². The Labute approximate surface area is 222 Å². The van der Waals surface area contributed by atoms with Crippen LogP contribution in [0.15, 0.2) is 12.2 Å². The Hall–Kier alpha value is 0.756. The monoisotopic (exact) mass is 455 g/mol. The van der Waals surface area contributed by atoms with E-state index in [0.717, 1.165) is 25.7 Å². The molecule has 0 aromatic carbocycles. The third-order valence-electron chi connectivity index (χ3n) is 4.97. The average Bonchev–Trinajstić information content (AvgIpc) is 2.63. The predicted octanol–water partition coefficient (Wildman–Crippen LogP) is 2.42. The SMILES string of the molecule is CCCCCCCC/C=C\CCCCCCCC(=O)N(C)CCCS(=O)(=O)[O-].[K+]. The molecule has 166 valence electrons. The third-order valence-corrected chi connectivity index (χ3v) is 5.75. The number of amides is 1. The summed E-state index contributed by atoms with van der Waals surface area (Å²) in [5.74, 6) is -0.376. The van der Waals surface area contributed by atoms with Gasteiger partial charge in [-0.2, -0.15) is 0 Å². The Morgan fingerprint density at radius 2 is 1.31 bits per heavy atom. The summed E-state index contributed by atoms with van der Waals surface area (Å²) in [6.07, 6.45) is 21.3. The van der Waals surface area contributed by atoms with Crippen LogP contribution in [0.2, 0.25) is 0 Å². The van der Waals surface area contributed by atoms with Gasteiger partial charge in [0.1, 0.15) is 0 Å². The summed E-state index contributed by atoms with van der Waals surface area (Å²) in [5, 5.41) is 0. The first-order valence-electron chi connectivity index (χ1n) is 11.2. The minimum absolute atomic E-state index is 0. The zero-order valence-electron chi connectivity index (χ0n) is 19.2. The van der Waals surface area contributed by atoms with Crippen LogP contribution in [0.1, 0.15) is 103 Å². The van der Waals surface area contributed by atoms with Gasteiger partial charge in [-0.25, -0.2) is 8.42 Å². The topological polar surface area (TPSA) is 77.5 Å². The molecule has 5 nitrogen and oxygen atoms in total. The van der Waals surface area contributed by atoms with E-state index in [1.165, 1.54) is 62.7 Å². The average molecular weight is 456 g/mol. The summed E-state index contributed by atoms with van der Waals surface area (Å²) in [4.78, 5) is 13.4. The second-order valence-electron chi connectivity index (χ2n) is 7.76. The van der Waals surface area contributed by atoms with E-state index in [9.17, 15) is 17.8 Å². The first-order valence-corrected chi connectivity index (χ1v) is 12.8. The van der Waals surface area contributed by atoms with Crippen molar-refractivity contribution in [1.82, 2.24) is 4.90 Å². The zero-order valence-corrected chi connectivity index (χ0v) is 23.1. The van der Waals surface area contributed by atoms with Gasteiger partial charge in [-0.05, 0) is 38.5 Å². The minimum atomic E-state index is -4.18. The maximum absolute atomic E-state index is 11.9. The van der Waals surface area contributed by atoms with E-state index in [4.69, 9.17) is 0 Å². The molecule has 0 radical (unpaired) electrons. The van der Waals surface area contributed by atoms with Crippen LogP contribution in [-0.2, 0) is 14.9 Å². The van der Waals surface area contributed by atoms with Gasteiger partial charge in [0.2, 0.25) is 5.91 Å². The molecule has 7 heteroatoms. The number of unbranched alkanes of at least 4 members (excludes halogenated alkanes) is 11. The minimum Gasteiger partial charge on any atom is -0.748 e. The molecule has 0 atom stereocenters. The number of carbonyl (C=O) groups is 1. The summed E-state index contributed by atoms with van der Waals surface area (Å²) in [6, 6.07) is 0. The normalized spacial score (nSPS) is 11.6. The molecule has 0 aromatic heterocycles. The number of hydrogen-bond donors (Lipinski definition) is 0. The molecule has 0 aliphatic heterocycles. The van der Waals surface area contributed by atoms with Crippen molar-refractivity contribution in [2.24, 2.45) is 0 Å². The fraction of sp³-hybridized carbons (Fsp3) is 0.864. The Kier molecular flexibility index (Phi) is 24.2. The van der Waals surface area contributed by atoms with Crippen LogP contribution in [0.3, 0.4) is 0 Å². The van der Waals surface area contributed by atoms with Crippen molar-refractivity contribution in [2.45, 2.75) is 103 Å². The standard InChI is InChI=1S/C22H43NO4S.K/c1-3-4-5-6-7-8-9-10-11-12-13-14-15-16-17-19-22(24)23(2)20-18-21-28(25,26)27;/h10-11H,3-9,12-21H2,1-2H3,(H,25,26,27);/q;+1/p-1/b11-10-;. The summed E-state index contributed by atoms with van der Waals surface area (Å²) in [5.41, 5.74) is 0. The summed E-state index contributed by atoms with van der Waals surface area (Å²) in [7, 11) is -2.52. The van der Waals surface area contributed by atoms with E-state index < -0.39 is 15.9 Å². The summed E-state index contributed by atoms with van der Waals surface area (Å²) < 4.78 is 31.6. The molecule has 1 amide bonds. The van der Waals surface area contributed by atoms with Gasteiger partial charge in [-0.15, -0.1) is 0 Å². The van der Waals surface area contributed by atoms with Crippen LogP contribution in [0.4, 0.5) is 0 Å². The quantitative estimate of drug-likeness (QED) is 0.130. The fourth-order valence-electron chi connectivity index (χ4n) is 3.14. The van der Waals surface area contributed by atoms with Crippen LogP contribution in [0.25, 0.3) is 0 Å². The first-order chi connectivity index (χ1) is 13.4. The second kappa shape index (κ2) is 22.0. The van der Waals surface area contributed by atoms with Crippen molar-refractivity contribution in [2.75, 3.05) is 19.3 Å². The van der Waals surface area contributed by atoms with Crippen molar-refractivity contribution < 1.29 is 69.1 Å². The molecule has 0 aliphatic rings. The van der Waals surface area contributed by atoms with Crippen molar-refractivity contribution >= 4 is 16.0 Å². The van der Waals surface area contributed by atoms with E-state index in [2.05, 4.69) is 19.1 Å². The van der Waals surface area contributed by atoms with E-state index >= 15 is 0 Å². The maximum Gasteiger partial charge on any atom is 1.00 e. The van der Waals surface area contributed by atoms with Gasteiger partial charge in [-0.3, -0.25) is 4.79 Å². The Morgan fingerprint density at radius 1 is 0.828 bits per heavy atom. The van der Waals surface area contributed by atoms with Gasteiger partial charge < -0.3 is 9.45 Å². The van der Waals surface area contributed by atoms with Gasteiger partial charge in [-0.1, -0.05) is 70.4 Å². The smallest absolute Gasteiger partial charge is 0.748 e. The van der Waals surface area contributed by atoms with Crippen molar-refractivity contribution in [1.29, 1.82) is 0 Å². The van der Waals surface area contributed by atoms with Crippen LogP contribution in [-0.4, -0.2) is 43.1 Å². The number of carbonyl (C=O) groups excluding carboxylic acids is 1. The third kappa shape index (κ3) is 24.9. The molecule has 0 saturated heterocycles. The number of hydrogen-bond acceptors (Lipinski definition) is 4. The van der Waals surface area contributed by atoms with E-state index in [1.54, 1.807) is 7.05 Å². The number of allylic oxidation sites excluding steroid dienone is 2.